The molecule has 0 fully saturated rings. The highest BCUT2D eigenvalue weighted by molar-refractivity contribution is 6.07. The normalized spacial score (nSPS) is 18.5. The van der Waals surface area contributed by atoms with E-state index in [1.54, 1.807) is 0 Å². The Balaban J connectivity index is 3.58. The van der Waals surface area contributed by atoms with Crippen molar-refractivity contribution in [2.75, 3.05) is 20.1 Å². The maximum absolute atomic E-state index is 13.0. The lowest BCUT2D eigenvalue weighted by molar-refractivity contribution is -0.142. The van der Waals surface area contributed by atoms with Crippen molar-refractivity contribution in [1.82, 2.24) is 9.80 Å². The third kappa shape index (κ3) is 3.66. The summed E-state index contributed by atoms with van der Waals surface area (Å²) in [6.45, 7) is 15.1. The summed E-state index contributed by atoms with van der Waals surface area (Å²) in [5.74, 6) is -0.228. The monoisotopic (exact) mass is 294 g/mol. The number of carbonyl (C=O) groups excluding carboxylic acids is 2. The van der Waals surface area contributed by atoms with Gasteiger partial charge in [0.25, 0.3) is 5.91 Å². The second-order valence-electron chi connectivity index (χ2n) is 7.93. The predicted octanol–water partition coefficient (Wildman–Crippen LogP) is 3.04. The van der Waals surface area contributed by atoms with Gasteiger partial charge in [0.1, 0.15) is 0 Å². The van der Waals surface area contributed by atoms with Crippen LogP contribution in [0.2, 0.25) is 0 Å². The third-order valence-corrected chi connectivity index (χ3v) is 3.66. The lowest BCUT2D eigenvalue weighted by Gasteiger charge is -2.36. The van der Waals surface area contributed by atoms with Crippen molar-refractivity contribution in [2.24, 2.45) is 10.8 Å². The van der Waals surface area contributed by atoms with Crippen molar-refractivity contribution in [3.05, 3.63) is 11.3 Å². The maximum Gasteiger partial charge on any atom is 0.258 e. The molecule has 0 aromatic rings. The SMILES string of the molecule is CCCN1C(=O)CN(C)C(C(C)(C)C)=C(C(C)(C)C)C1=O. The van der Waals surface area contributed by atoms with Crippen molar-refractivity contribution in [3.63, 3.8) is 0 Å². The van der Waals surface area contributed by atoms with E-state index in [1.165, 1.54) is 4.90 Å². The fourth-order valence-corrected chi connectivity index (χ4v) is 2.98. The van der Waals surface area contributed by atoms with Crippen LogP contribution in [0.5, 0.6) is 0 Å². The molecule has 0 radical (unpaired) electrons. The molecule has 0 spiro atoms. The van der Waals surface area contributed by atoms with Crippen molar-refractivity contribution < 1.29 is 9.59 Å². The van der Waals surface area contributed by atoms with E-state index in [0.717, 1.165) is 17.7 Å². The van der Waals surface area contributed by atoms with E-state index in [4.69, 9.17) is 0 Å². The molecule has 0 unspecified atom stereocenters. The van der Waals surface area contributed by atoms with Gasteiger partial charge in [0.05, 0.1) is 6.54 Å². The quantitative estimate of drug-likeness (QED) is 0.735. The summed E-state index contributed by atoms with van der Waals surface area (Å²) in [7, 11) is 1.91. The molecule has 21 heavy (non-hydrogen) atoms. The maximum atomic E-state index is 13.0. The molecule has 0 aromatic carbocycles. The van der Waals surface area contributed by atoms with Gasteiger partial charge in [-0.3, -0.25) is 14.5 Å². The summed E-state index contributed by atoms with van der Waals surface area (Å²) in [6, 6.07) is 0. The van der Waals surface area contributed by atoms with Crippen LogP contribution in [0.25, 0.3) is 0 Å². The summed E-state index contributed by atoms with van der Waals surface area (Å²) < 4.78 is 0. The molecule has 0 N–H and O–H groups in total. The minimum absolute atomic E-state index is 0.106. The minimum atomic E-state index is -0.301. The lowest BCUT2D eigenvalue weighted by Crippen LogP contribution is -2.41. The van der Waals surface area contributed by atoms with E-state index in [9.17, 15) is 9.59 Å². The smallest absolute Gasteiger partial charge is 0.258 e. The number of likely N-dealkylation sites (N-methyl/N-ethyl adjacent to an activating group) is 1. The number of allylic oxidation sites excluding steroid dienone is 1. The summed E-state index contributed by atoms with van der Waals surface area (Å²) in [6.07, 6.45) is 0.781. The van der Waals surface area contributed by atoms with Gasteiger partial charge in [-0.05, 0) is 11.8 Å². The van der Waals surface area contributed by atoms with E-state index in [1.807, 2.05) is 39.6 Å². The molecule has 1 rings (SSSR count). The number of hydrogen-bond donors (Lipinski definition) is 0. The first-order valence-corrected chi connectivity index (χ1v) is 7.72. The predicted molar refractivity (Wildman–Crippen MR) is 85.6 cm³/mol. The summed E-state index contributed by atoms with van der Waals surface area (Å²) in [4.78, 5) is 28.8. The molecular weight excluding hydrogens is 264 g/mol. The zero-order valence-electron chi connectivity index (χ0n) is 14.8. The van der Waals surface area contributed by atoms with Crippen molar-refractivity contribution >= 4 is 11.8 Å². The molecule has 0 saturated carbocycles. The summed E-state index contributed by atoms with van der Waals surface area (Å²) >= 11 is 0. The van der Waals surface area contributed by atoms with Crippen molar-refractivity contribution in [1.29, 1.82) is 0 Å². The van der Waals surface area contributed by atoms with Crippen LogP contribution in [0.15, 0.2) is 11.3 Å². The Hall–Kier alpha value is -1.32. The van der Waals surface area contributed by atoms with Gasteiger partial charge in [-0.1, -0.05) is 48.5 Å². The van der Waals surface area contributed by atoms with Gasteiger partial charge in [0.15, 0.2) is 0 Å². The van der Waals surface area contributed by atoms with E-state index in [0.29, 0.717) is 6.54 Å². The number of carbonyl (C=O) groups is 2. The molecule has 4 heteroatoms. The Morgan fingerprint density at radius 1 is 1.00 bits per heavy atom. The van der Waals surface area contributed by atoms with Gasteiger partial charge in [-0.25, -0.2) is 0 Å². The molecular formula is C17H30N2O2. The largest absolute Gasteiger partial charge is 0.368 e. The number of amides is 2. The highest BCUT2D eigenvalue weighted by Crippen LogP contribution is 2.40. The van der Waals surface area contributed by atoms with Gasteiger partial charge in [-0.2, -0.15) is 0 Å². The third-order valence-electron chi connectivity index (χ3n) is 3.66. The van der Waals surface area contributed by atoms with Crippen LogP contribution in [0.3, 0.4) is 0 Å². The van der Waals surface area contributed by atoms with Crippen LogP contribution < -0.4 is 0 Å². The van der Waals surface area contributed by atoms with E-state index in [-0.39, 0.29) is 29.2 Å². The lowest BCUT2D eigenvalue weighted by atomic mass is 9.77. The standard InChI is InChI=1S/C17H30N2O2/c1-9-10-19-12(20)11-18(8)14(17(5,6)7)13(15(19)21)16(2,3)4/h9-11H2,1-8H3. The molecule has 0 atom stereocenters. The molecule has 0 bridgehead atoms. The second-order valence-corrected chi connectivity index (χ2v) is 7.93. The molecule has 4 nitrogen and oxygen atoms in total. The minimum Gasteiger partial charge on any atom is -0.368 e. The number of hydrogen-bond acceptors (Lipinski definition) is 3. The van der Waals surface area contributed by atoms with Gasteiger partial charge >= 0.3 is 0 Å². The Morgan fingerprint density at radius 3 is 1.90 bits per heavy atom. The first-order valence-electron chi connectivity index (χ1n) is 7.72. The van der Waals surface area contributed by atoms with E-state index < -0.39 is 0 Å². The van der Waals surface area contributed by atoms with Crippen LogP contribution in [-0.4, -0.2) is 41.8 Å². The van der Waals surface area contributed by atoms with Crippen LogP contribution in [0, 0.1) is 10.8 Å². The first-order chi connectivity index (χ1) is 9.41. The van der Waals surface area contributed by atoms with E-state index >= 15 is 0 Å². The fourth-order valence-electron chi connectivity index (χ4n) is 2.98. The van der Waals surface area contributed by atoms with Crippen LogP contribution in [0.4, 0.5) is 0 Å². The molecule has 1 aliphatic rings. The zero-order valence-corrected chi connectivity index (χ0v) is 14.8. The van der Waals surface area contributed by atoms with Crippen LogP contribution in [-0.2, 0) is 9.59 Å². The number of imide groups is 1. The van der Waals surface area contributed by atoms with Gasteiger partial charge < -0.3 is 4.90 Å². The van der Waals surface area contributed by atoms with Crippen LogP contribution >= 0.6 is 0 Å². The Labute approximate surface area is 129 Å². The number of rotatable bonds is 2. The summed E-state index contributed by atoms with van der Waals surface area (Å²) in [5, 5.41) is 0. The Morgan fingerprint density at radius 2 is 1.52 bits per heavy atom. The highest BCUT2D eigenvalue weighted by atomic mass is 16.2. The fraction of sp³-hybridized carbons (Fsp3) is 0.765. The molecule has 0 aromatic heterocycles. The molecule has 2 amide bonds. The average Bonchev–Trinajstić information content (AvgIpc) is 2.36. The molecule has 1 aliphatic heterocycles. The molecule has 120 valence electrons. The number of nitrogens with zero attached hydrogens (tertiary/aromatic N) is 2. The molecule has 0 aliphatic carbocycles. The highest BCUT2D eigenvalue weighted by Gasteiger charge is 2.40. The summed E-state index contributed by atoms with van der Waals surface area (Å²) in [5.41, 5.74) is 1.25. The van der Waals surface area contributed by atoms with Gasteiger partial charge in [0, 0.05) is 30.3 Å². The van der Waals surface area contributed by atoms with Crippen LogP contribution in [0.1, 0.15) is 54.9 Å². The zero-order chi connectivity index (χ0) is 16.6. The Bertz CT molecular complexity index is 464. The van der Waals surface area contributed by atoms with E-state index in [2.05, 4.69) is 20.8 Å². The average molecular weight is 294 g/mol. The molecule has 0 saturated heterocycles. The second kappa shape index (κ2) is 5.82. The topological polar surface area (TPSA) is 40.6 Å². The molecule has 1 heterocycles. The van der Waals surface area contributed by atoms with Gasteiger partial charge in [0.2, 0.25) is 5.91 Å². The van der Waals surface area contributed by atoms with Crippen molar-refractivity contribution in [3.8, 4) is 0 Å². The van der Waals surface area contributed by atoms with Gasteiger partial charge in [-0.15, -0.1) is 0 Å². The first kappa shape index (κ1) is 17.7. The Kier molecular flexibility index (Phi) is 4.91. The van der Waals surface area contributed by atoms with Crippen molar-refractivity contribution in [2.45, 2.75) is 54.9 Å².